The number of ether oxygens (including phenoxy) is 1. The third-order valence-corrected chi connectivity index (χ3v) is 6.40. The average Bonchev–Trinajstić information content (AvgIpc) is 3.08. The van der Waals surface area contributed by atoms with Gasteiger partial charge < -0.3 is 14.5 Å². The molecule has 2 saturated heterocycles. The first-order valence-corrected chi connectivity index (χ1v) is 10.8. The predicted octanol–water partition coefficient (Wildman–Crippen LogP) is 1.72. The molecule has 3 rings (SSSR count). The number of nitrogens with zero attached hydrogens (tertiary/aromatic N) is 5. The van der Waals surface area contributed by atoms with E-state index in [1.807, 2.05) is 29.5 Å². The van der Waals surface area contributed by atoms with Crippen molar-refractivity contribution >= 4 is 5.91 Å². The molecule has 0 bridgehead atoms. The van der Waals surface area contributed by atoms with Crippen molar-refractivity contribution in [1.29, 1.82) is 0 Å². The summed E-state index contributed by atoms with van der Waals surface area (Å²) in [7, 11) is 2.20. The molecule has 0 spiro atoms. The molecule has 1 atom stereocenters. The molecule has 2 aliphatic rings. The Hall–Kier alpha value is -1.44. The van der Waals surface area contributed by atoms with Gasteiger partial charge in [-0.2, -0.15) is 5.10 Å². The third-order valence-electron chi connectivity index (χ3n) is 6.40. The van der Waals surface area contributed by atoms with Gasteiger partial charge in [0.15, 0.2) is 0 Å². The molecule has 158 valence electrons. The van der Waals surface area contributed by atoms with Gasteiger partial charge in [0.25, 0.3) is 5.91 Å². The number of likely N-dealkylation sites (N-methyl/N-ethyl adjacent to an activating group) is 1. The standard InChI is InChI=1S/C21H37N5O2/c1-5-28-15-14-26-20(16-17(2)22-26)21(27)25-8-6-19(7-9-25)18(3)24-12-10-23(4)11-13-24/h16,18-19H,5-15H2,1-4H3/t18-/m0/s1. The van der Waals surface area contributed by atoms with Crippen molar-refractivity contribution < 1.29 is 9.53 Å². The van der Waals surface area contributed by atoms with Gasteiger partial charge in [0.2, 0.25) is 0 Å². The highest BCUT2D eigenvalue weighted by Crippen LogP contribution is 2.26. The Morgan fingerprint density at radius 1 is 1.21 bits per heavy atom. The number of hydrogen-bond donors (Lipinski definition) is 0. The monoisotopic (exact) mass is 391 g/mol. The largest absolute Gasteiger partial charge is 0.380 e. The van der Waals surface area contributed by atoms with Crippen molar-refractivity contribution in [2.75, 3.05) is 59.5 Å². The number of hydrogen-bond acceptors (Lipinski definition) is 5. The molecule has 0 unspecified atom stereocenters. The van der Waals surface area contributed by atoms with E-state index in [0.717, 1.165) is 57.8 Å². The molecule has 7 nitrogen and oxygen atoms in total. The maximum absolute atomic E-state index is 13.1. The SMILES string of the molecule is CCOCCn1nc(C)cc1C(=O)N1CCC([C@H](C)N2CCN(C)CC2)CC1. The van der Waals surface area contributed by atoms with Crippen molar-refractivity contribution in [1.82, 2.24) is 24.5 Å². The molecule has 0 radical (unpaired) electrons. The summed E-state index contributed by atoms with van der Waals surface area (Å²) in [6, 6.07) is 2.51. The molecule has 1 aromatic rings. The molecule has 28 heavy (non-hydrogen) atoms. The van der Waals surface area contributed by atoms with Crippen LogP contribution in [0, 0.1) is 12.8 Å². The quantitative estimate of drug-likeness (QED) is 0.663. The summed E-state index contributed by atoms with van der Waals surface area (Å²) in [6.45, 7) is 14.5. The average molecular weight is 392 g/mol. The van der Waals surface area contributed by atoms with Crippen molar-refractivity contribution in [2.24, 2.45) is 5.92 Å². The second kappa shape index (κ2) is 9.85. The molecule has 2 fully saturated rings. The van der Waals surface area contributed by atoms with E-state index in [0.29, 0.717) is 37.4 Å². The minimum absolute atomic E-state index is 0.114. The van der Waals surface area contributed by atoms with Crippen LogP contribution >= 0.6 is 0 Å². The number of amides is 1. The fourth-order valence-corrected chi connectivity index (χ4v) is 4.46. The van der Waals surface area contributed by atoms with Crippen molar-refractivity contribution in [3.63, 3.8) is 0 Å². The van der Waals surface area contributed by atoms with Gasteiger partial charge in [0.1, 0.15) is 5.69 Å². The Balaban J connectivity index is 1.54. The van der Waals surface area contributed by atoms with Gasteiger partial charge in [-0.05, 0) is 52.6 Å². The maximum atomic E-state index is 13.1. The molecule has 2 aliphatic heterocycles. The lowest BCUT2D eigenvalue weighted by Crippen LogP contribution is -2.52. The Labute approximate surface area is 169 Å². The molecule has 3 heterocycles. The highest BCUT2D eigenvalue weighted by atomic mass is 16.5. The number of piperidine rings is 1. The summed E-state index contributed by atoms with van der Waals surface area (Å²) in [5.41, 5.74) is 1.58. The molecule has 0 N–H and O–H groups in total. The van der Waals surface area contributed by atoms with E-state index in [-0.39, 0.29) is 5.91 Å². The number of carbonyl (C=O) groups is 1. The second-order valence-electron chi connectivity index (χ2n) is 8.30. The first-order valence-electron chi connectivity index (χ1n) is 10.8. The Bertz CT molecular complexity index is 631. The lowest BCUT2D eigenvalue weighted by molar-refractivity contribution is 0.0490. The van der Waals surface area contributed by atoms with Gasteiger partial charge in [-0.1, -0.05) is 0 Å². The zero-order chi connectivity index (χ0) is 20.1. The van der Waals surface area contributed by atoms with Gasteiger partial charge in [0.05, 0.1) is 18.8 Å². The molecule has 7 heteroatoms. The van der Waals surface area contributed by atoms with Crippen LogP contribution in [0.5, 0.6) is 0 Å². The molecule has 0 aromatic carbocycles. The molecular formula is C21H37N5O2. The maximum Gasteiger partial charge on any atom is 0.272 e. The smallest absolute Gasteiger partial charge is 0.272 e. The first-order chi connectivity index (χ1) is 13.5. The van der Waals surface area contributed by atoms with Crippen molar-refractivity contribution in [3.8, 4) is 0 Å². The Morgan fingerprint density at radius 2 is 1.89 bits per heavy atom. The Kier molecular flexibility index (Phi) is 7.48. The van der Waals surface area contributed by atoms with Crippen LogP contribution in [-0.4, -0.2) is 96.0 Å². The number of aromatic nitrogens is 2. The second-order valence-corrected chi connectivity index (χ2v) is 8.30. The van der Waals surface area contributed by atoms with Gasteiger partial charge >= 0.3 is 0 Å². The number of aryl methyl sites for hydroxylation is 1. The molecule has 1 amide bonds. The predicted molar refractivity (Wildman–Crippen MR) is 111 cm³/mol. The number of likely N-dealkylation sites (tertiary alicyclic amines) is 1. The van der Waals surface area contributed by atoms with Crippen LogP contribution < -0.4 is 0 Å². The summed E-state index contributed by atoms with van der Waals surface area (Å²) in [5.74, 6) is 0.792. The highest BCUT2D eigenvalue weighted by Gasteiger charge is 2.31. The number of rotatable bonds is 7. The fraction of sp³-hybridized carbons (Fsp3) is 0.810. The molecular weight excluding hydrogens is 354 g/mol. The zero-order valence-electron chi connectivity index (χ0n) is 18.1. The van der Waals surface area contributed by atoms with Crippen LogP contribution in [0.1, 0.15) is 42.9 Å². The van der Waals surface area contributed by atoms with E-state index in [9.17, 15) is 4.79 Å². The third kappa shape index (κ3) is 5.13. The van der Waals surface area contributed by atoms with Gasteiger partial charge in [0, 0.05) is 51.9 Å². The summed E-state index contributed by atoms with van der Waals surface area (Å²) in [6.07, 6.45) is 2.18. The minimum Gasteiger partial charge on any atom is -0.380 e. The fourth-order valence-electron chi connectivity index (χ4n) is 4.46. The van der Waals surface area contributed by atoms with E-state index in [1.165, 1.54) is 0 Å². The normalized spacial score (nSPS) is 21.2. The number of piperazine rings is 1. The summed E-state index contributed by atoms with van der Waals surface area (Å²) >= 11 is 0. The van der Waals surface area contributed by atoms with E-state index < -0.39 is 0 Å². The summed E-state index contributed by atoms with van der Waals surface area (Å²) in [4.78, 5) is 20.1. The van der Waals surface area contributed by atoms with E-state index in [1.54, 1.807) is 0 Å². The van der Waals surface area contributed by atoms with Gasteiger partial charge in [-0.3, -0.25) is 14.4 Å². The summed E-state index contributed by atoms with van der Waals surface area (Å²) in [5, 5.41) is 4.49. The van der Waals surface area contributed by atoms with Crippen molar-refractivity contribution in [2.45, 2.75) is 46.2 Å². The van der Waals surface area contributed by atoms with E-state index in [4.69, 9.17) is 4.74 Å². The van der Waals surface area contributed by atoms with Crippen LogP contribution in [-0.2, 0) is 11.3 Å². The number of carbonyl (C=O) groups excluding carboxylic acids is 1. The molecule has 1 aromatic heterocycles. The first kappa shape index (κ1) is 21.3. The molecule has 0 aliphatic carbocycles. The minimum atomic E-state index is 0.114. The van der Waals surface area contributed by atoms with Crippen LogP contribution in [0.2, 0.25) is 0 Å². The van der Waals surface area contributed by atoms with Crippen LogP contribution in [0.3, 0.4) is 0 Å². The Morgan fingerprint density at radius 3 is 2.54 bits per heavy atom. The lowest BCUT2D eigenvalue weighted by atomic mass is 9.89. The van der Waals surface area contributed by atoms with Crippen LogP contribution in [0.25, 0.3) is 0 Å². The van der Waals surface area contributed by atoms with Crippen molar-refractivity contribution in [3.05, 3.63) is 17.5 Å². The molecule has 0 saturated carbocycles. The van der Waals surface area contributed by atoms with Crippen LogP contribution in [0.15, 0.2) is 6.07 Å². The van der Waals surface area contributed by atoms with Gasteiger partial charge in [-0.15, -0.1) is 0 Å². The van der Waals surface area contributed by atoms with E-state index in [2.05, 4.69) is 28.9 Å². The topological polar surface area (TPSA) is 53.8 Å². The van der Waals surface area contributed by atoms with Crippen LogP contribution in [0.4, 0.5) is 0 Å². The van der Waals surface area contributed by atoms with Gasteiger partial charge in [-0.25, -0.2) is 0 Å². The zero-order valence-corrected chi connectivity index (χ0v) is 18.1. The lowest BCUT2D eigenvalue weighted by Gasteiger charge is -2.42. The highest BCUT2D eigenvalue weighted by molar-refractivity contribution is 5.92. The van der Waals surface area contributed by atoms with E-state index >= 15 is 0 Å². The summed E-state index contributed by atoms with van der Waals surface area (Å²) < 4.78 is 7.25.